The van der Waals surface area contributed by atoms with Crippen LogP contribution in [-0.2, 0) is 4.79 Å². The predicted octanol–water partition coefficient (Wildman–Crippen LogP) is 4.95. The highest BCUT2D eigenvalue weighted by Crippen LogP contribution is 2.32. The van der Waals surface area contributed by atoms with Gasteiger partial charge in [-0.05, 0) is 59.6 Å². The lowest BCUT2D eigenvalue weighted by Crippen LogP contribution is -2.34. The lowest BCUT2D eigenvalue weighted by atomic mass is 10.2. The van der Waals surface area contributed by atoms with E-state index in [9.17, 15) is 4.79 Å². The molecule has 0 fully saturated rings. The van der Waals surface area contributed by atoms with E-state index >= 15 is 0 Å². The Kier molecular flexibility index (Phi) is 6.03. The highest BCUT2D eigenvalue weighted by atomic mass is 79.9. The van der Waals surface area contributed by atoms with Crippen LogP contribution in [0.5, 0.6) is 5.75 Å². The predicted molar refractivity (Wildman–Crippen MR) is 96.5 cm³/mol. The fourth-order valence-electron chi connectivity index (χ4n) is 2.19. The zero-order valence-corrected chi connectivity index (χ0v) is 15.6. The summed E-state index contributed by atoms with van der Waals surface area (Å²) < 4.78 is 7.53. The minimum Gasteiger partial charge on any atom is -0.482 e. The van der Waals surface area contributed by atoms with E-state index < -0.39 is 0 Å². The summed E-state index contributed by atoms with van der Waals surface area (Å²) >= 11 is 6.90. The van der Waals surface area contributed by atoms with Crippen LogP contribution in [-0.4, -0.2) is 19.1 Å². The molecule has 1 amide bonds. The van der Waals surface area contributed by atoms with Crippen molar-refractivity contribution >= 4 is 43.5 Å². The van der Waals surface area contributed by atoms with Crippen molar-refractivity contribution in [2.45, 2.75) is 13.8 Å². The molecule has 0 saturated heterocycles. The molecule has 0 saturated carbocycles. The highest BCUT2D eigenvalue weighted by Gasteiger charge is 2.16. The molecule has 0 radical (unpaired) electrons. The molecule has 116 valence electrons. The minimum absolute atomic E-state index is 0.00378. The van der Waals surface area contributed by atoms with Crippen molar-refractivity contribution in [1.82, 2.24) is 0 Å². The molecule has 2 rings (SSSR count). The van der Waals surface area contributed by atoms with Gasteiger partial charge in [-0.2, -0.15) is 0 Å². The van der Waals surface area contributed by atoms with Gasteiger partial charge in [0.2, 0.25) is 0 Å². The SMILES string of the molecule is CCN(C(=O)COc1c(C)cc(Br)cc1Br)c1ccccc1. The summed E-state index contributed by atoms with van der Waals surface area (Å²) in [6, 6.07) is 13.5. The summed E-state index contributed by atoms with van der Waals surface area (Å²) in [6.45, 7) is 4.51. The van der Waals surface area contributed by atoms with E-state index in [-0.39, 0.29) is 12.5 Å². The molecule has 22 heavy (non-hydrogen) atoms. The lowest BCUT2D eigenvalue weighted by molar-refractivity contribution is -0.120. The largest absolute Gasteiger partial charge is 0.482 e. The molecule has 0 aliphatic heterocycles. The molecule has 0 bridgehead atoms. The topological polar surface area (TPSA) is 29.5 Å². The Labute approximate surface area is 147 Å². The van der Waals surface area contributed by atoms with Gasteiger partial charge in [-0.3, -0.25) is 4.79 Å². The fourth-order valence-corrected chi connectivity index (χ4v) is 3.75. The summed E-state index contributed by atoms with van der Waals surface area (Å²) in [7, 11) is 0. The fraction of sp³-hybridized carbons (Fsp3) is 0.235. The van der Waals surface area contributed by atoms with Gasteiger partial charge in [0, 0.05) is 16.7 Å². The van der Waals surface area contributed by atoms with E-state index in [1.54, 1.807) is 4.90 Å². The Hall–Kier alpha value is -1.33. The zero-order valence-electron chi connectivity index (χ0n) is 12.5. The second-order valence-corrected chi connectivity index (χ2v) is 6.57. The van der Waals surface area contributed by atoms with Crippen LogP contribution in [0.15, 0.2) is 51.4 Å². The molecule has 0 unspecified atom stereocenters. The number of carbonyl (C=O) groups is 1. The van der Waals surface area contributed by atoms with Gasteiger partial charge < -0.3 is 9.64 Å². The van der Waals surface area contributed by atoms with Crippen LogP contribution in [0.4, 0.5) is 5.69 Å². The minimum atomic E-state index is -0.0667. The molecule has 2 aromatic rings. The third-order valence-corrected chi connectivity index (χ3v) is 4.27. The van der Waals surface area contributed by atoms with Crippen LogP contribution < -0.4 is 9.64 Å². The van der Waals surface area contributed by atoms with E-state index in [1.807, 2.05) is 56.3 Å². The van der Waals surface area contributed by atoms with Gasteiger partial charge in [-0.25, -0.2) is 0 Å². The molecular weight excluding hydrogens is 410 g/mol. The molecule has 3 nitrogen and oxygen atoms in total. The van der Waals surface area contributed by atoms with Crippen LogP contribution in [0.3, 0.4) is 0 Å². The summed E-state index contributed by atoms with van der Waals surface area (Å²) in [5, 5.41) is 0. The number of anilines is 1. The summed E-state index contributed by atoms with van der Waals surface area (Å²) in [5.74, 6) is 0.628. The van der Waals surface area contributed by atoms with Crippen molar-refractivity contribution in [1.29, 1.82) is 0 Å². The van der Waals surface area contributed by atoms with E-state index in [0.29, 0.717) is 12.3 Å². The molecule has 2 aromatic carbocycles. The van der Waals surface area contributed by atoms with Gasteiger partial charge in [0.25, 0.3) is 5.91 Å². The van der Waals surface area contributed by atoms with E-state index in [2.05, 4.69) is 31.9 Å². The second-order valence-electron chi connectivity index (χ2n) is 4.80. The number of para-hydroxylation sites is 1. The number of likely N-dealkylation sites (N-methyl/N-ethyl adjacent to an activating group) is 1. The normalized spacial score (nSPS) is 10.4. The maximum Gasteiger partial charge on any atom is 0.264 e. The Morgan fingerprint density at radius 2 is 1.86 bits per heavy atom. The molecule has 0 heterocycles. The zero-order chi connectivity index (χ0) is 16.1. The van der Waals surface area contributed by atoms with Gasteiger partial charge >= 0.3 is 0 Å². The van der Waals surface area contributed by atoms with Gasteiger partial charge in [0.1, 0.15) is 5.75 Å². The molecule has 0 N–H and O–H groups in total. The average molecular weight is 427 g/mol. The van der Waals surface area contributed by atoms with Crippen molar-refractivity contribution in [2.75, 3.05) is 18.1 Å². The Morgan fingerprint density at radius 3 is 2.45 bits per heavy atom. The number of carbonyl (C=O) groups excluding carboxylic acids is 1. The second kappa shape index (κ2) is 7.79. The van der Waals surface area contributed by atoms with Crippen molar-refractivity contribution < 1.29 is 9.53 Å². The van der Waals surface area contributed by atoms with Gasteiger partial charge in [-0.1, -0.05) is 34.1 Å². The molecule has 0 atom stereocenters. The third kappa shape index (κ3) is 4.11. The number of benzene rings is 2. The molecular formula is C17H17Br2NO2. The number of ether oxygens (including phenoxy) is 1. The van der Waals surface area contributed by atoms with Crippen LogP contribution in [0.2, 0.25) is 0 Å². The van der Waals surface area contributed by atoms with Crippen LogP contribution in [0.1, 0.15) is 12.5 Å². The summed E-state index contributed by atoms with van der Waals surface area (Å²) in [4.78, 5) is 14.1. The van der Waals surface area contributed by atoms with Crippen molar-refractivity contribution in [3.63, 3.8) is 0 Å². The summed E-state index contributed by atoms with van der Waals surface area (Å²) in [5.41, 5.74) is 1.85. The first-order chi connectivity index (χ1) is 10.5. The van der Waals surface area contributed by atoms with Crippen molar-refractivity contribution in [3.8, 4) is 5.75 Å². The van der Waals surface area contributed by atoms with Gasteiger partial charge in [-0.15, -0.1) is 0 Å². The smallest absolute Gasteiger partial charge is 0.264 e. The van der Waals surface area contributed by atoms with Crippen LogP contribution >= 0.6 is 31.9 Å². The maximum absolute atomic E-state index is 12.4. The van der Waals surface area contributed by atoms with E-state index in [4.69, 9.17) is 4.74 Å². The number of hydrogen-bond acceptors (Lipinski definition) is 2. The Bertz CT molecular complexity index is 636. The molecule has 0 aliphatic carbocycles. The number of nitrogens with zero attached hydrogens (tertiary/aromatic N) is 1. The first-order valence-electron chi connectivity index (χ1n) is 6.96. The first kappa shape index (κ1) is 17.0. The third-order valence-electron chi connectivity index (χ3n) is 3.22. The molecule has 0 aromatic heterocycles. The Morgan fingerprint density at radius 1 is 1.18 bits per heavy atom. The molecule has 0 spiro atoms. The number of rotatable bonds is 5. The Balaban J connectivity index is 2.09. The molecule has 5 heteroatoms. The molecule has 0 aliphatic rings. The number of amides is 1. The summed E-state index contributed by atoms with van der Waals surface area (Å²) in [6.07, 6.45) is 0. The first-order valence-corrected chi connectivity index (χ1v) is 8.55. The van der Waals surface area contributed by atoms with E-state index in [0.717, 1.165) is 20.2 Å². The quantitative estimate of drug-likeness (QED) is 0.676. The standard InChI is InChI=1S/C17H17Br2NO2/c1-3-20(14-7-5-4-6-8-14)16(21)11-22-17-12(2)9-13(18)10-15(17)19/h4-10H,3,11H2,1-2H3. The van der Waals surface area contributed by atoms with Crippen LogP contribution in [0, 0.1) is 6.92 Å². The van der Waals surface area contributed by atoms with Crippen molar-refractivity contribution in [2.24, 2.45) is 0 Å². The van der Waals surface area contributed by atoms with Crippen LogP contribution in [0.25, 0.3) is 0 Å². The number of aryl methyl sites for hydroxylation is 1. The monoisotopic (exact) mass is 425 g/mol. The highest BCUT2D eigenvalue weighted by molar-refractivity contribution is 9.11. The number of hydrogen-bond donors (Lipinski definition) is 0. The lowest BCUT2D eigenvalue weighted by Gasteiger charge is -2.21. The van der Waals surface area contributed by atoms with E-state index in [1.165, 1.54) is 0 Å². The maximum atomic E-state index is 12.4. The van der Waals surface area contributed by atoms with Gasteiger partial charge in [0.05, 0.1) is 4.47 Å². The number of halogens is 2. The van der Waals surface area contributed by atoms with Crippen molar-refractivity contribution in [3.05, 3.63) is 57.0 Å². The average Bonchev–Trinajstić information content (AvgIpc) is 2.48. The van der Waals surface area contributed by atoms with Gasteiger partial charge in [0.15, 0.2) is 6.61 Å².